The molecule has 8 nitrogen and oxygen atoms in total. The van der Waals surface area contributed by atoms with Crippen molar-refractivity contribution in [1.29, 1.82) is 0 Å². The number of rotatable bonds is 6. The number of halogens is 2. The van der Waals surface area contributed by atoms with Crippen molar-refractivity contribution >= 4 is 58.9 Å². The minimum absolute atomic E-state index is 0. The number of aliphatic imine (C=N–C) groups is 2. The van der Waals surface area contributed by atoms with Crippen LogP contribution in [0.2, 0.25) is 5.02 Å². The lowest BCUT2D eigenvalue weighted by Crippen LogP contribution is -2.19. The third-order valence-electron chi connectivity index (χ3n) is 5.66. The number of nitrogens with one attached hydrogen (secondary N) is 4. The van der Waals surface area contributed by atoms with Gasteiger partial charge in [0, 0.05) is 41.2 Å². The van der Waals surface area contributed by atoms with E-state index in [-0.39, 0.29) is 34.8 Å². The quantitative estimate of drug-likeness (QED) is 0.392. The van der Waals surface area contributed by atoms with Crippen LogP contribution in [0.3, 0.4) is 0 Å². The van der Waals surface area contributed by atoms with Crippen molar-refractivity contribution in [3.8, 4) is 0 Å². The van der Waals surface area contributed by atoms with Crippen molar-refractivity contribution in [2.75, 3.05) is 36.8 Å². The Kier molecular flexibility index (Phi) is 7.87. The van der Waals surface area contributed by atoms with Gasteiger partial charge in [0.1, 0.15) is 11.7 Å². The zero-order chi connectivity index (χ0) is 24.2. The summed E-state index contributed by atoms with van der Waals surface area (Å²) >= 11 is 6.36. The maximum absolute atomic E-state index is 12.7. The Bertz CT molecular complexity index is 1340. The maximum atomic E-state index is 12.7. The molecule has 2 heterocycles. The standard InChI is InChI=1S/C26H23ClN6O2.ClH/c27-22-15-18(25(34)32-19-6-1-16(2-7-19)23-28-11-12-29-23)5-10-21(22)26(35)33-20-8-3-17(4-9-20)24-30-13-14-31-24;/h1-10,15H,11-14H2,(H,28,29)(H,30,31)(H,32,34)(H,33,35);1H. The summed E-state index contributed by atoms with van der Waals surface area (Å²) in [5.41, 5.74) is 3.86. The van der Waals surface area contributed by atoms with Crippen molar-refractivity contribution in [2.24, 2.45) is 9.98 Å². The van der Waals surface area contributed by atoms with Gasteiger partial charge in [-0.2, -0.15) is 0 Å². The molecule has 2 aliphatic heterocycles. The number of carbonyl (C=O) groups is 2. The maximum Gasteiger partial charge on any atom is 0.257 e. The highest BCUT2D eigenvalue weighted by Gasteiger charge is 2.15. The number of anilines is 2. The van der Waals surface area contributed by atoms with Gasteiger partial charge in [-0.1, -0.05) is 11.6 Å². The van der Waals surface area contributed by atoms with Crippen LogP contribution in [0.25, 0.3) is 0 Å². The van der Waals surface area contributed by atoms with Crippen LogP contribution >= 0.6 is 24.0 Å². The minimum atomic E-state index is -0.356. The summed E-state index contributed by atoms with van der Waals surface area (Å²) in [6.45, 7) is 3.20. The summed E-state index contributed by atoms with van der Waals surface area (Å²) in [5, 5.41) is 12.3. The Morgan fingerprint density at radius 3 is 1.67 bits per heavy atom. The average molecular weight is 523 g/mol. The van der Waals surface area contributed by atoms with Crippen LogP contribution in [0, 0.1) is 0 Å². The largest absolute Gasteiger partial charge is 0.368 e. The highest BCUT2D eigenvalue weighted by Crippen LogP contribution is 2.21. The first kappa shape index (κ1) is 25.2. The van der Waals surface area contributed by atoms with Crippen molar-refractivity contribution in [1.82, 2.24) is 10.6 Å². The van der Waals surface area contributed by atoms with Gasteiger partial charge >= 0.3 is 0 Å². The van der Waals surface area contributed by atoms with E-state index >= 15 is 0 Å². The second-order valence-corrected chi connectivity index (χ2v) is 8.48. The van der Waals surface area contributed by atoms with Gasteiger partial charge in [0.05, 0.1) is 23.7 Å². The second-order valence-electron chi connectivity index (χ2n) is 8.07. The van der Waals surface area contributed by atoms with E-state index in [4.69, 9.17) is 11.6 Å². The van der Waals surface area contributed by atoms with E-state index < -0.39 is 0 Å². The first-order chi connectivity index (χ1) is 17.1. The highest BCUT2D eigenvalue weighted by atomic mass is 35.5. The van der Waals surface area contributed by atoms with Gasteiger partial charge in [-0.15, -0.1) is 12.4 Å². The van der Waals surface area contributed by atoms with Crippen LogP contribution in [0.1, 0.15) is 31.8 Å². The molecule has 0 aliphatic carbocycles. The molecule has 0 atom stereocenters. The second kappa shape index (κ2) is 11.2. The number of carbonyl (C=O) groups excluding carboxylic acids is 2. The molecule has 2 aliphatic rings. The molecular formula is C26H24Cl2N6O2. The van der Waals surface area contributed by atoms with E-state index in [1.807, 2.05) is 48.5 Å². The van der Waals surface area contributed by atoms with Crippen molar-refractivity contribution in [2.45, 2.75) is 0 Å². The lowest BCUT2D eigenvalue weighted by molar-refractivity contribution is 0.101. The van der Waals surface area contributed by atoms with Crippen LogP contribution in [-0.4, -0.2) is 49.7 Å². The lowest BCUT2D eigenvalue weighted by Gasteiger charge is -2.10. The number of amidine groups is 2. The van der Waals surface area contributed by atoms with Crippen LogP contribution in [0.4, 0.5) is 11.4 Å². The number of hydrogen-bond donors (Lipinski definition) is 4. The fourth-order valence-corrected chi connectivity index (χ4v) is 4.11. The summed E-state index contributed by atoms with van der Waals surface area (Å²) in [6, 6.07) is 19.5. The molecule has 0 fully saturated rings. The van der Waals surface area contributed by atoms with Gasteiger partial charge in [-0.3, -0.25) is 19.6 Å². The summed E-state index contributed by atoms with van der Waals surface area (Å²) in [4.78, 5) is 34.2. The lowest BCUT2D eigenvalue weighted by atomic mass is 10.1. The van der Waals surface area contributed by atoms with Gasteiger partial charge in [0.15, 0.2) is 0 Å². The summed E-state index contributed by atoms with van der Waals surface area (Å²) < 4.78 is 0. The number of amides is 2. The molecule has 4 N–H and O–H groups in total. The summed E-state index contributed by atoms with van der Waals surface area (Å²) in [5.74, 6) is 1.04. The van der Waals surface area contributed by atoms with E-state index in [1.54, 1.807) is 12.1 Å². The van der Waals surface area contributed by atoms with Gasteiger partial charge in [0.2, 0.25) is 0 Å². The zero-order valence-electron chi connectivity index (χ0n) is 19.2. The zero-order valence-corrected chi connectivity index (χ0v) is 20.7. The molecule has 3 aromatic carbocycles. The third-order valence-corrected chi connectivity index (χ3v) is 5.97. The molecule has 0 unspecified atom stereocenters. The van der Waals surface area contributed by atoms with E-state index in [0.29, 0.717) is 16.9 Å². The number of benzene rings is 3. The molecule has 36 heavy (non-hydrogen) atoms. The number of hydrogen-bond acceptors (Lipinski definition) is 6. The van der Waals surface area contributed by atoms with E-state index in [0.717, 1.165) is 49.0 Å². The Balaban J connectivity index is 0.00000304. The van der Waals surface area contributed by atoms with Crippen LogP contribution < -0.4 is 21.3 Å². The third kappa shape index (κ3) is 5.67. The first-order valence-electron chi connectivity index (χ1n) is 11.3. The van der Waals surface area contributed by atoms with Gasteiger partial charge in [-0.05, 0) is 66.7 Å². The van der Waals surface area contributed by atoms with Crippen LogP contribution in [0.5, 0.6) is 0 Å². The summed E-state index contributed by atoms with van der Waals surface area (Å²) in [7, 11) is 0. The normalized spacial score (nSPS) is 14.0. The predicted molar refractivity (Wildman–Crippen MR) is 146 cm³/mol. The van der Waals surface area contributed by atoms with Crippen LogP contribution in [0.15, 0.2) is 76.7 Å². The fraction of sp³-hybridized carbons (Fsp3) is 0.154. The Hall–Kier alpha value is -3.88. The van der Waals surface area contributed by atoms with Crippen molar-refractivity contribution < 1.29 is 9.59 Å². The molecule has 10 heteroatoms. The molecule has 0 spiro atoms. The monoisotopic (exact) mass is 522 g/mol. The minimum Gasteiger partial charge on any atom is -0.368 e. The molecule has 184 valence electrons. The van der Waals surface area contributed by atoms with E-state index in [9.17, 15) is 9.59 Å². The van der Waals surface area contributed by atoms with E-state index in [1.165, 1.54) is 6.07 Å². The number of nitrogens with zero attached hydrogens (tertiary/aromatic N) is 2. The highest BCUT2D eigenvalue weighted by molar-refractivity contribution is 6.35. The molecular weight excluding hydrogens is 499 g/mol. The summed E-state index contributed by atoms with van der Waals surface area (Å²) in [6.07, 6.45) is 0. The Morgan fingerprint density at radius 1 is 0.722 bits per heavy atom. The van der Waals surface area contributed by atoms with E-state index in [2.05, 4.69) is 31.3 Å². The van der Waals surface area contributed by atoms with Crippen LogP contribution in [-0.2, 0) is 0 Å². The SMILES string of the molecule is Cl.O=C(Nc1ccc(C2=NCCN2)cc1)c1ccc(C(=O)Nc2ccc(C3=NCCN3)cc2)c(Cl)c1. The molecule has 2 amide bonds. The first-order valence-corrected chi connectivity index (χ1v) is 11.6. The molecule has 3 aromatic rings. The molecule has 0 aromatic heterocycles. The Morgan fingerprint density at radius 2 is 1.22 bits per heavy atom. The topological polar surface area (TPSA) is 107 Å². The smallest absolute Gasteiger partial charge is 0.257 e. The molecule has 0 bridgehead atoms. The van der Waals surface area contributed by atoms with Gasteiger partial charge in [-0.25, -0.2) is 0 Å². The molecule has 0 saturated heterocycles. The molecule has 0 saturated carbocycles. The van der Waals surface area contributed by atoms with Gasteiger partial charge in [0.25, 0.3) is 11.8 Å². The van der Waals surface area contributed by atoms with Crippen molar-refractivity contribution in [3.63, 3.8) is 0 Å². The fourth-order valence-electron chi connectivity index (χ4n) is 3.85. The Labute approximate surface area is 219 Å². The van der Waals surface area contributed by atoms with Crippen molar-refractivity contribution in [3.05, 3.63) is 94.0 Å². The molecule has 0 radical (unpaired) electrons. The predicted octanol–water partition coefficient (Wildman–Crippen LogP) is 3.97. The molecule has 5 rings (SSSR count). The average Bonchev–Trinajstić information content (AvgIpc) is 3.60. The van der Waals surface area contributed by atoms with Gasteiger partial charge < -0.3 is 21.3 Å².